The van der Waals surface area contributed by atoms with E-state index in [-0.39, 0.29) is 11.5 Å². The molecule has 0 aliphatic carbocycles. The number of carbonyl (C=O) groups excluding carboxylic acids is 1. The maximum Gasteiger partial charge on any atom is 0.244 e. The Hall–Kier alpha value is -2.19. The minimum absolute atomic E-state index is 0.0452. The van der Waals surface area contributed by atoms with Crippen LogP contribution in [0.15, 0.2) is 35.4 Å². The Bertz CT molecular complexity index is 922. The SMILES string of the molecule is Cc1nn(-c2ccccc2)c(Cl)c1/C=N\NC(=O)[C@H]1CCS(=O)(=O)C1. The average Bonchev–Trinajstić information content (AvgIpc) is 3.09. The van der Waals surface area contributed by atoms with Crippen molar-refractivity contribution in [2.75, 3.05) is 11.5 Å². The quantitative estimate of drug-likeness (QED) is 0.645. The van der Waals surface area contributed by atoms with Crippen LogP contribution in [0.4, 0.5) is 0 Å². The van der Waals surface area contributed by atoms with E-state index in [1.807, 2.05) is 30.3 Å². The first-order valence-corrected chi connectivity index (χ1v) is 9.91. The van der Waals surface area contributed by atoms with Crippen LogP contribution in [0.2, 0.25) is 5.15 Å². The second kappa shape index (κ2) is 6.97. The molecule has 1 saturated heterocycles. The fraction of sp³-hybridized carbons (Fsp3) is 0.312. The van der Waals surface area contributed by atoms with E-state index in [0.717, 1.165) is 5.69 Å². The second-order valence-corrected chi connectivity index (χ2v) is 8.46. The van der Waals surface area contributed by atoms with Crippen LogP contribution in [-0.2, 0) is 14.6 Å². The number of hydrogen-bond acceptors (Lipinski definition) is 5. The number of nitrogens with one attached hydrogen (secondary N) is 1. The standard InChI is InChI=1S/C16H17ClN4O3S/c1-11-14(15(17)21(20-11)13-5-3-2-4-6-13)9-18-19-16(22)12-7-8-25(23,24)10-12/h2-6,9,12H,7-8,10H2,1H3,(H,19,22)/b18-9-/t12-/m0/s1. The van der Waals surface area contributed by atoms with Gasteiger partial charge in [0.2, 0.25) is 5.91 Å². The third kappa shape index (κ3) is 3.91. The van der Waals surface area contributed by atoms with Crippen molar-refractivity contribution in [3.05, 3.63) is 46.7 Å². The summed E-state index contributed by atoms with van der Waals surface area (Å²) in [6.07, 6.45) is 1.75. The van der Waals surface area contributed by atoms with Gasteiger partial charge >= 0.3 is 0 Å². The molecule has 1 aromatic carbocycles. The molecule has 1 amide bonds. The van der Waals surface area contributed by atoms with Crippen molar-refractivity contribution in [1.82, 2.24) is 15.2 Å². The smallest absolute Gasteiger partial charge is 0.244 e. The van der Waals surface area contributed by atoms with E-state index in [2.05, 4.69) is 15.6 Å². The lowest BCUT2D eigenvalue weighted by Crippen LogP contribution is -2.27. The van der Waals surface area contributed by atoms with Gasteiger partial charge in [-0.15, -0.1) is 0 Å². The molecule has 132 valence electrons. The summed E-state index contributed by atoms with van der Waals surface area (Å²) in [7, 11) is -3.11. The van der Waals surface area contributed by atoms with Crippen LogP contribution in [0, 0.1) is 12.8 Å². The molecule has 0 radical (unpaired) electrons. The molecule has 1 N–H and O–H groups in total. The van der Waals surface area contributed by atoms with Gasteiger partial charge in [0.15, 0.2) is 9.84 Å². The fourth-order valence-electron chi connectivity index (χ4n) is 2.65. The van der Waals surface area contributed by atoms with E-state index in [0.29, 0.717) is 22.8 Å². The van der Waals surface area contributed by atoms with Crippen molar-refractivity contribution >= 4 is 33.6 Å². The van der Waals surface area contributed by atoms with Crippen LogP contribution >= 0.6 is 11.6 Å². The molecule has 2 aromatic rings. The predicted molar refractivity (Wildman–Crippen MR) is 95.8 cm³/mol. The van der Waals surface area contributed by atoms with E-state index >= 15 is 0 Å². The van der Waals surface area contributed by atoms with Crippen molar-refractivity contribution in [3.63, 3.8) is 0 Å². The molecule has 7 nitrogen and oxygen atoms in total. The number of rotatable bonds is 4. The third-order valence-corrected chi connectivity index (χ3v) is 6.15. The number of amides is 1. The number of sulfone groups is 1. The zero-order chi connectivity index (χ0) is 18.0. The van der Waals surface area contributed by atoms with Crippen LogP contribution in [0.5, 0.6) is 0 Å². The van der Waals surface area contributed by atoms with Gasteiger partial charge in [0.05, 0.1) is 40.6 Å². The summed E-state index contributed by atoms with van der Waals surface area (Å²) in [5.74, 6) is -1.03. The Kier molecular flexibility index (Phi) is 4.91. The van der Waals surface area contributed by atoms with Crippen LogP contribution < -0.4 is 5.43 Å². The largest absolute Gasteiger partial charge is 0.273 e. The lowest BCUT2D eigenvalue weighted by molar-refractivity contribution is -0.124. The Labute approximate surface area is 150 Å². The molecule has 1 aliphatic rings. The maximum absolute atomic E-state index is 12.0. The molecule has 0 saturated carbocycles. The number of carbonyl (C=O) groups is 1. The Morgan fingerprint density at radius 3 is 2.76 bits per heavy atom. The van der Waals surface area contributed by atoms with Gasteiger partial charge < -0.3 is 0 Å². The highest BCUT2D eigenvalue weighted by atomic mass is 35.5. The molecule has 25 heavy (non-hydrogen) atoms. The number of aromatic nitrogens is 2. The zero-order valence-electron chi connectivity index (χ0n) is 13.5. The first-order chi connectivity index (χ1) is 11.9. The highest BCUT2D eigenvalue weighted by Gasteiger charge is 2.32. The monoisotopic (exact) mass is 380 g/mol. The van der Waals surface area contributed by atoms with Crippen molar-refractivity contribution in [1.29, 1.82) is 0 Å². The Morgan fingerprint density at radius 1 is 1.40 bits per heavy atom. The van der Waals surface area contributed by atoms with E-state index in [9.17, 15) is 13.2 Å². The third-order valence-electron chi connectivity index (χ3n) is 4.02. The molecule has 0 unspecified atom stereocenters. The summed E-state index contributed by atoms with van der Waals surface area (Å²) < 4.78 is 24.4. The summed E-state index contributed by atoms with van der Waals surface area (Å²) in [5.41, 5.74) is 4.45. The number of aryl methyl sites for hydroxylation is 1. The Morgan fingerprint density at radius 2 is 2.12 bits per heavy atom. The summed E-state index contributed by atoms with van der Waals surface area (Å²) in [6.45, 7) is 1.79. The van der Waals surface area contributed by atoms with Gasteiger partial charge in [0.25, 0.3) is 0 Å². The maximum atomic E-state index is 12.0. The highest BCUT2D eigenvalue weighted by molar-refractivity contribution is 7.91. The first-order valence-electron chi connectivity index (χ1n) is 7.71. The summed E-state index contributed by atoms with van der Waals surface area (Å²) >= 11 is 6.36. The predicted octanol–water partition coefficient (Wildman–Crippen LogP) is 1.72. The zero-order valence-corrected chi connectivity index (χ0v) is 15.1. The van der Waals surface area contributed by atoms with Gasteiger partial charge in [0.1, 0.15) is 5.15 Å². The number of halogens is 1. The topological polar surface area (TPSA) is 93.4 Å². The number of hydrogen-bond donors (Lipinski definition) is 1. The van der Waals surface area contributed by atoms with E-state index < -0.39 is 21.7 Å². The van der Waals surface area contributed by atoms with E-state index in [1.54, 1.807) is 11.6 Å². The van der Waals surface area contributed by atoms with Crippen molar-refractivity contribution in [3.8, 4) is 5.69 Å². The molecular formula is C16H17ClN4O3S. The molecule has 1 atom stereocenters. The van der Waals surface area contributed by atoms with Crippen LogP contribution in [0.1, 0.15) is 17.7 Å². The first kappa shape index (κ1) is 17.6. The lowest BCUT2D eigenvalue weighted by Gasteiger charge is -2.04. The van der Waals surface area contributed by atoms with Gasteiger partial charge in [-0.05, 0) is 25.5 Å². The second-order valence-electron chi connectivity index (χ2n) is 5.87. The molecule has 0 spiro atoms. The fourth-order valence-corrected chi connectivity index (χ4v) is 4.71. The van der Waals surface area contributed by atoms with E-state index in [1.165, 1.54) is 6.21 Å². The minimum atomic E-state index is -3.11. The van der Waals surface area contributed by atoms with Crippen molar-refractivity contribution in [2.24, 2.45) is 11.0 Å². The molecule has 3 rings (SSSR count). The minimum Gasteiger partial charge on any atom is -0.273 e. The molecule has 2 heterocycles. The molecule has 0 bridgehead atoms. The number of nitrogens with zero attached hydrogens (tertiary/aromatic N) is 3. The Balaban J connectivity index is 1.72. The van der Waals surface area contributed by atoms with Crippen LogP contribution in [0.25, 0.3) is 5.69 Å². The molecule has 1 aliphatic heterocycles. The van der Waals surface area contributed by atoms with Crippen molar-refractivity contribution < 1.29 is 13.2 Å². The number of para-hydroxylation sites is 1. The number of hydrazone groups is 1. The van der Waals surface area contributed by atoms with Gasteiger partial charge in [-0.3, -0.25) is 4.79 Å². The van der Waals surface area contributed by atoms with Gasteiger partial charge in [-0.25, -0.2) is 18.5 Å². The van der Waals surface area contributed by atoms with E-state index in [4.69, 9.17) is 11.6 Å². The lowest BCUT2D eigenvalue weighted by atomic mass is 10.1. The van der Waals surface area contributed by atoms with Crippen LogP contribution in [0.3, 0.4) is 0 Å². The van der Waals surface area contributed by atoms with Gasteiger partial charge in [-0.1, -0.05) is 29.8 Å². The number of benzene rings is 1. The molecular weight excluding hydrogens is 364 g/mol. The highest BCUT2D eigenvalue weighted by Crippen LogP contribution is 2.22. The molecule has 1 aromatic heterocycles. The molecule has 9 heteroatoms. The van der Waals surface area contributed by atoms with Crippen molar-refractivity contribution in [2.45, 2.75) is 13.3 Å². The van der Waals surface area contributed by atoms with Gasteiger partial charge in [0, 0.05) is 0 Å². The van der Waals surface area contributed by atoms with Crippen LogP contribution in [-0.4, -0.2) is 41.8 Å². The molecule has 1 fully saturated rings. The normalized spacial score (nSPS) is 19.4. The summed E-state index contributed by atoms with van der Waals surface area (Å²) in [6, 6.07) is 9.41. The summed E-state index contributed by atoms with van der Waals surface area (Å²) in [5, 5.41) is 8.66. The van der Waals surface area contributed by atoms with Gasteiger partial charge in [-0.2, -0.15) is 10.2 Å². The average molecular weight is 381 g/mol. The summed E-state index contributed by atoms with van der Waals surface area (Å²) in [4.78, 5) is 12.0.